The number of anilines is 1. The molecule has 0 bridgehead atoms. The monoisotopic (exact) mass is 792 g/mol. The summed E-state index contributed by atoms with van der Waals surface area (Å²) in [5, 5.41) is 15.9. The van der Waals surface area contributed by atoms with Gasteiger partial charge in [-0.25, -0.2) is 9.59 Å². The van der Waals surface area contributed by atoms with Crippen LogP contribution in [0.4, 0.5) is 15.3 Å². The molecule has 0 spiro atoms. The second kappa shape index (κ2) is 26.0. The molecule has 1 atom stereocenters. The molecule has 2 rings (SSSR count). The molecule has 0 radical (unpaired) electrons. The van der Waals surface area contributed by atoms with E-state index in [1.54, 1.807) is 49.9 Å². The Morgan fingerprint density at radius 1 is 0.893 bits per heavy atom. The highest BCUT2D eigenvalue weighted by atomic mass is 16.6. The molecule has 314 valence electrons. The van der Waals surface area contributed by atoms with E-state index >= 15 is 0 Å². The van der Waals surface area contributed by atoms with Gasteiger partial charge in [-0.3, -0.25) is 24.0 Å². The molecule has 0 aliphatic carbocycles. The van der Waals surface area contributed by atoms with Gasteiger partial charge >= 0.3 is 18.1 Å². The summed E-state index contributed by atoms with van der Waals surface area (Å²) < 4.78 is 21.4. The maximum Gasteiger partial charge on any atom is 0.407 e. The van der Waals surface area contributed by atoms with E-state index in [-0.39, 0.29) is 83.2 Å². The Bertz CT molecular complexity index is 1420. The number of carbonyl (C=O) groups excluding carboxylic acids is 7. The van der Waals surface area contributed by atoms with Crippen LogP contribution in [0, 0.1) is 0 Å². The number of nitrogens with one attached hydrogen (secondary N) is 6. The molecule has 1 fully saturated rings. The van der Waals surface area contributed by atoms with E-state index in [1.165, 1.54) is 7.05 Å². The van der Waals surface area contributed by atoms with Crippen molar-refractivity contribution in [1.82, 2.24) is 31.5 Å². The SMILES string of the molecule is CNC(=O)OCc1ccc(NC(=O)[C@H](CCCNC(N)=O)NC(=O)CNC(=O)CCC(=O)N(CCOCCOCCC(=O)OC(C)(C)C)C2CCNCC2)cc1. The van der Waals surface area contributed by atoms with Gasteiger partial charge in [-0.05, 0) is 77.2 Å². The van der Waals surface area contributed by atoms with Gasteiger partial charge in [0, 0.05) is 44.7 Å². The highest BCUT2D eigenvalue weighted by molar-refractivity contribution is 5.97. The predicted octanol–water partition coefficient (Wildman–Crippen LogP) is 0.656. The lowest BCUT2D eigenvalue weighted by molar-refractivity contribution is -0.156. The first-order valence-corrected chi connectivity index (χ1v) is 18.9. The lowest BCUT2D eigenvalue weighted by Gasteiger charge is -2.34. The van der Waals surface area contributed by atoms with Crippen molar-refractivity contribution in [1.29, 1.82) is 0 Å². The van der Waals surface area contributed by atoms with Crippen molar-refractivity contribution in [2.45, 2.75) is 90.0 Å². The minimum atomic E-state index is -1.02. The van der Waals surface area contributed by atoms with Crippen LogP contribution in [0.3, 0.4) is 0 Å². The number of carbonyl (C=O) groups is 7. The highest BCUT2D eigenvalue weighted by Gasteiger charge is 2.26. The Kier molecular flexibility index (Phi) is 21.8. The minimum absolute atomic E-state index is 0.00603. The summed E-state index contributed by atoms with van der Waals surface area (Å²) in [6.45, 7) is 8.08. The van der Waals surface area contributed by atoms with E-state index in [0.717, 1.165) is 25.9 Å². The van der Waals surface area contributed by atoms with Gasteiger partial charge in [0.1, 0.15) is 18.2 Å². The van der Waals surface area contributed by atoms with Crippen LogP contribution < -0.4 is 37.6 Å². The van der Waals surface area contributed by atoms with Crippen LogP contribution in [0.1, 0.15) is 71.3 Å². The lowest BCUT2D eigenvalue weighted by atomic mass is 10.0. The Morgan fingerprint density at radius 2 is 1.57 bits per heavy atom. The third kappa shape index (κ3) is 21.2. The molecule has 56 heavy (non-hydrogen) atoms. The summed E-state index contributed by atoms with van der Waals surface area (Å²) in [6, 6.07) is 4.81. The first kappa shape index (κ1) is 47.1. The van der Waals surface area contributed by atoms with Crippen molar-refractivity contribution < 1.29 is 52.5 Å². The summed E-state index contributed by atoms with van der Waals surface area (Å²) in [5.74, 6) is -2.21. The molecule has 1 aliphatic heterocycles. The quantitative estimate of drug-likeness (QED) is 0.0563. The molecule has 1 aromatic rings. The van der Waals surface area contributed by atoms with E-state index in [4.69, 9.17) is 24.7 Å². The smallest absolute Gasteiger partial charge is 0.407 e. The number of hydrogen-bond acceptors (Lipinski definition) is 12. The van der Waals surface area contributed by atoms with E-state index in [9.17, 15) is 33.6 Å². The van der Waals surface area contributed by atoms with Crippen LogP contribution in [0.5, 0.6) is 0 Å². The van der Waals surface area contributed by atoms with Gasteiger partial charge in [0.15, 0.2) is 0 Å². The standard InChI is InChI=1S/C37H60N8O11/c1-37(2,3)56-33(49)15-20-53-22-23-54-21-19-45(28-13-17-40-18-14-28)32(48)12-11-30(46)42-24-31(47)44-29(6-5-16-41-35(38)51)34(50)43-27-9-7-26(8-10-27)25-55-36(52)39-4/h7-10,28-29,40H,5-6,11-25H2,1-4H3,(H,39,52)(H,42,46)(H,43,50)(H,44,47)(H3,38,41,51)/t29-/m0/s1. The number of ether oxygens (including phenoxy) is 4. The normalized spacial score (nSPS) is 13.4. The average molecular weight is 793 g/mol. The fraction of sp³-hybridized carbons (Fsp3) is 0.649. The van der Waals surface area contributed by atoms with Crippen LogP contribution in [-0.4, -0.2) is 131 Å². The molecule has 1 aromatic carbocycles. The zero-order valence-electron chi connectivity index (χ0n) is 33.0. The summed E-state index contributed by atoms with van der Waals surface area (Å²) in [4.78, 5) is 88.0. The van der Waals surface area contributed by atoms with Gasteiger partial charge in [-0.2, -0.15) is 0 Å². The molecule has 1 aliphatic rings. The van der Waals surface area contributed by atoms with Gasteiger partial charge in [-0.1, -0.05) is 12.1 Å². The number of piperidine rings is 1. The number of benzene rings is 1. The molecule has 1 heterocycles. The number of amides is 7. The zero-order chi connectivity index (χ0) is 41.3. The maximum absolute atomic E-state index is 13.3. The molecular formula is C37H60N8O11. The van der Waals surface area contributed by atoms with E-state index in [1.807, 2.05) is 0 Å². The Hall–Kier alpha value is -5.01. The number of alkyl carbamates (subject to hydrolysis) is 1. The largest absolute Gasteiger partial charge is 0.460 e. The highest BCUT2D eigenvalue weighted by Crippen LogP contribution is 2.15. The Labute approximate surface area is 328 Å². The second-order valence-electron chi connectivity index (χ2n) is 14.0. The van der Waals surface area contributed by atoms with Crippen LogP contribution in [0.2, 0.25) is 0 Å². The van der Waals surface area contributed by atoms with Crippen LogP contribution in [-0.2, 0) is 49.5 Å². The fourth-order valence-electron chi connectivity index (χ4n) is 5.46. The van der Waals surface area contributed by atoms with Crippen LogP contribution in [0.15, 0.2) is 24.3 Å². The zero-order valence-corrected chi connectivity index (χ0v) is 33.0. The number of esters is 1. The molecular weight excluding hydrogens is 732 g/mol. The number of rotatable bonds is 24. The van der Waals surface area contributed by atoms with Crippen molar-refractivity contribution in [3.8, 4) is 0 Å². The molecule has 7 amide bonds. The number of hydrogen-bond donors (Lipinski definition) is 7. The average Bonchev–Trinajstić information content (AvgIpc) is 3.15. The lowest BCUT2D eigenvalue weighted by Crippen LogP contribution is -2.48. The molecule has 8 N–H and O–H groups in total. The van der Waals surface area contributed by atoms with Crippen LogP contribution >= 0.6 is 0 Å². The number of primary amides is 1. The summed E-state index contributed by atoms with van der Waals surface area (Å²) in [5.41, 5.74) is 5.69. The molecule has 0 aromatic heterocycles. The fourth-order valence-corrected chi connectivity index (χ4v) is 5.46. The number of nitrogens with two attached hydrogens (primary N) is 1. The molecule has 0 saturated carbocycles. The van der Waals surface area contributed by atoms with E-state index in [0.29, 0.717) is 24.2 Å². The van der Waals surface area contributed by atoms with Gasteiger partial charge < -0.3 is 61.5 Å². The third-order valence-electron chi connectivity index (χ3n) is 8.22. The Morgan fingerprint density at radius 3 is 2.21 bits per heavy atom. The van der Waals surface area contributed by atoms with Crippen molar-refractivity contribution in [3.05, 3.63) is 29.8 Å². The van der Waals surface area contributed by atoms with Gasteiger partial charge in [0.2, 0.25) is 23.6 Å². The third-order valence-corrected chi connectivity index (χ3v) is 8.22. The first-order valence-electron chi connectivity index (χ1n) is 18.9. The first-order chi connectivity index (χ1) is 26.7. The van der Waals surface area contributed by atoms with Crippen LogP contribution in [0.25, 0.3) is 0 Å². The molecule has 19 heteroatoms. The van der Waals surface area contributed by atoms with Gasteiger partial charge in [0.25, 0.3) is 0 Å². The molecule has 0 unspecified atom stereocenters. The predicted molar refractivity (Wildman–Crippen MR) is 205 cm³/mol. The summed E-state index contributed by atoms with van der Waals surface area (Å²) >= 11 is 0. The van der Waals surface area contributed by atoms with Crippen molar-refractivity contribution in [2.24, 2.45) is 5.73 Å². The van der Waals surface area contributed by atoms with E-state index in [2.05, 4.69) is 31.9 Å². The van der Waals surface area contributed by atoms with Crippen molar-refractivity contribution in [3.63, 3.8) is 0 Å². The molecule has 1 saturated heterocycles. The second-order valence-corrected chi connectivity index (χ2v) is 14.0. The topological polar surface area (TPSA) is 258 Å². The summed E-state index contributed by atoms with van der Waals surface area (Å²) in [7, 11) is 1.45. The maximum atomic E-state index is 13.3. The molecule has 19 nitrogen and oxygen atoms in total. The van der Waals surface area contributed by atoms with E-state index < -0.39 is 48.0 Å². The number of nitrogens with zero attached hydrogens (tertiary/aromatic N) is 1. The van der Waals surface area contributed by atoms with Gasteiger partial charge in [-0.15, -0.1) is 0 Å². The summed E-state index contributed by atoms with van der Waals surface area (Å²) in [6.07, 6.45) is 1.33. The minimum Gasteiger partial charge on any atom is -0.460 e. The van der Waals surface area contributed by atoms with Crippen molar-refractivity contribution in [2.75, 3.05) is 71.5 Å². The van der Waals surface area contributed by atoms with Gasteiger partial charge in [0.05, 0.1) is 39.4 Å². The van der Waals surface area contributed by atoms with Crippen molar-refractivity contribution >= 4 is 47.4 Å². The number of urea groups is 1. The Balaban J connectivity index is 1.82.